The molecule has 156 valence electrons. The van der Waals surface area contributed by atoms with Crippen molar-refractivity contribution < 1.29 is 19.1 Å². The van der Waals surface area contributed by atoms with Gasteiger partial charge in [-0.25, -0.2) is 4.79 Å². The van der Waals surface area contributed by atoms with Gasteiger partial charge in [-0.15, -0.1) is 0 Å². The molecular weight excluding hydrogens is 368 g/mol. The van der Waals surface area contributed by atoms with Gasteiger partial charge in [0.05, 0.1) is 26.3 Å². The van der Waals surface area contributed by atoms with Crippen molar-refractivity contribution in [2.24, 2.45) is 0 Å². The summed E-state index contributed by atoms with van der Waals surface area (Å²) in [6, 6.07) is 9.11. The van der Waals surface area contributed by atoms with Gasteiger partial charge in [0, 0.05) is 11.4 Å². The molecule has 0 aliphatic heterocycles. The Kier molecular flexibility index (Phi) is 6.90. The van der Waals surface area contributed by atoms with Gasteiger partial charge in [-0.2, -0.15) is 0 Å². The standard InChI is InChI=1S/C23H30N2O4/c1-14-10-17(11-15(2)21(14)28-6)24-13-20(26)25-19-12-16(22(27)29-7)8-9-18(19)23(3,4)5/h8-12,24H,13H2,1-7H3,(H,25,26). The Morgan fingerprint density at radius 2 is 1.62 bits per heavy atom. The lowest BCUT2D eigenvalue weighted by Crippen LogP contribution is -2.24. The summed E-state index contributed by atoms with van der Waals surface area (Å²) in [6.07, 6.45) is 0. The quantitative estimate of drug-likeness (QED) is 0.703. The Hall–Kier alpha value is -3.02. The smallest absolute Gasteiger partial charge is 0.337 e. The van der Waals surface area contributed by atoms with Crippen LogP contribution in [-0.2, 0) is 14.9 Å². The van der Waals surface area contributed by atoms with E-state index in [2.05, 4.69) is 31.4 Å². The first-order valence-electron chi connectivity index (χ1n) is 9.48. The molecule has 0 aromatic heterocycles. The van der Waals surface area contributed by atoms with Gasteiger partial charge in [0.15, 0.2) is 0 Å². The number of amides is 1. The molecule has 1 amide bonds. The topological polar surface area (TPSA) is 76.7 Å². The Bertz CT molecular complexity index is 891. The van der Waals surface area contributed by atoms with Gasteiger partial charge in [0.25, 0.3) is 0 Å². The Balaban J connectivity index is 2.18. The van der Waals surface area contributed by atoms with Crippen molar-refractivity contribution in [3.63, 3.8) is 0 Å². The molecule has 0 fully saturated rings. The van der Waals surface area contributed by atoms with Crippen LogP contribution in [0.3, 0.4) is 0 Å². The zero-order chi connectivity index (χ0) is 21.8. The number of methoxy groups -OCH3 is 2. The molecule has 0 saturated heterocycles. The zero-order valence-electron chi connectivity index (χ0n) is 18.2. The maximum absolute atomic E-state index is 12.6. The lowest BCUT2D eigenvalue weighted by atomic mass is 9.85. The molecule has 0 saturated carbocycles. The number of aryl methyl sites for hydroxylation is 2. The van der Waals surface area contributed by atoms with Crippen LogP contribution in [0.4, 0.5) is 11.4 Å². The summed E-state index contributed by atoms with van der Waals surface area (Å²) in [4.78, 5) is 24.5. The lowest BCUT2D eigenvalue weighted by Gasteiger charge is -2.23. The molecule has 2 N–H and O–H groups in total. The number of nitrogens with one attached hydrogen (secondary N) is 2. The molecule has 2 rings (SSSR count). The van der Waals surface area contributed by atoms with Crippen molar-refractivity contribution in [3.05, 3.63) is 52.6 Å². The monoisotopic (exact) mass is 398 g/mol. The minimum Gasteiger partial charge on any atom is -0.496 e. The van der Waals surface area contributed by atoms with E-state index in [4.69, 9.17) is 9.47 Å². The summed E-state index contributed by atoms with van der Waals surface area (Å²) in [5.74, 6) is 0.196. The van der Waals surface area contributed by atoms with Crippen LogP contribution in [-0.4, -0.2) is 32.6 Å². The van der Waals surface area contributed by atoms with Crippen LogP contribution in [0.5, 0.6) is 5.75 Å². The third-order valence-electron chi connectivity index (χ3n) is 4.64. The van der Waals surface area contributed by atoms with Gasteiger partial charge in [-0.1, -0.05) is 26.8 Å². The fourth-order valence-electron chi connectivity index (χ4n) is 3.30. The Labute approximate surface area is 172 Å². The predicted molar refractivity (Wildman–Crippen MR) is 116 cm³/mol. The number of hydrogen-bond acceptors (Lipinski definition) is 5. The lowest BCUT2D eigenvalue weighted by molar-refractivity contribution is -0.114. The van der Waals surface area contributed by atoms with E-state index < -0.39 is 5.97 Å². The number of carbonyl (C=O) groups excluding carboxylic acids is 2. The van der Waals surface area contributed by atoms with Crippen LogP contribution in [0.25, 0.3) is 0 Å². The maximum Gasteiger partial charge on any atom is 0.337 e. The maximum atomic E-state index is 12.6. The van der Waals surface area contributed by atoms with Crippen LogP contribution in [0, 0.1) is 13.8 Å². The van der Waals surface area contributed by atoms with Gasteiger partial charge in [-0.05, 0) is 60.2 Å². The molecule has 2 aromatic carbocycles. The van der Waals surface area contributed by atoms with Crippen LogP contribution >= 0.6 is 0 Å². The average molecular weight is 399 g/mol. The summed E-state index contributed by atoms with van der Waals surface area (Å²) >= 11 is 0. The van der Waals surface area contributed by atoms with E-state index in [0.29, 0.717) is 11.3 Å². The molecule has 6 nitrogen and oxygen atoms in total. The summed E-state index contributed by atoms with van der Waals surface area (Å²) in [5.41, 5.74) is 4.58. The SMILES string of the molecule is COC(=O)c1ccc(C(C)(C)C)c(NC(=O)CNc2cc(C)c(OC)c(C)c2)c1. The largest absolute Gasteiger partial charge is 0.496 e. The van der Waals surface area contributed by atoms with E-state index in [9.17, 15) is 9.59 Å². The first kappa shape index (κ1) is 22.3. The third kappa shape index (κ3) is 5.50. The van der Waals surface area contributed by atoms with Crippen molar-refractivity contribution in [3.8, 4) is 5.75 Å². The van der Waals surface area contributed by atoms with Crippen molar-refractivity contribution in [1.29, 1.82) is 0 Å². The third-order valence-corrected chi connectivity index (χ3v) is 4.64. The van der Waals surface area contributed by atoms with Crippen LogP contribution in [0.1, 0.15) is 47.8 Å². The molecule has 2 aromatic rings. The Morgan fingerprint density at radius 1 is 1.00 bits per heavy atom. The second kappa shape index (κ2) is 8.99. The van der Waals surface area contributed by atoms with Crippen LogP contribution < -0.4 is 15.4 Å². The number of hydrogen-bond donors (Lipinski definition) is 2. The van der Waals surface area contributed by atoms with Gasteiger partial charge in [-0.3, -0.25) is 4.79 Å². The molecule has 0 aliphatic carbocycles. The molecule has 0 spiro atoms. The van der Waals surface area contributed by atoms with Gasteiger partial charge < -0.3 is 20.1 Å². The average Bonchev–Trinajstić information content (AvgIpc) is 2.64. The van der Waals surface area contributed by atoms with E-state index in [1.165, 1.54) is 7.11 Å². The molecule has 0 bridgehead atoms. The minimum atomic E-state index is -0.441. The highest BCUT2D eigenvalue weighted by Crippen LogP contribution is 2.31. The molecule has 6 heteroatoms. The Morgan fingerprint density at radius 3 is 2.14 bits per heavy atom. The number of ether oxygens (including phenoxy) is 2. The fourth-order valence-corrected chi connectivity index (χ4v) is 3.30. The molecule has 29 heavy (non-hydrogen) atoms. The van der Waals surface area contributed by atoms with Crippen LogP contribution in [0.15, 0.2) is 30.3 Å². The molecule has 0 atom stereocenters. The summed E-state index contributed by atoms with van der Waals surface area (Å²) in [6.45, 7) is 10.2. The highest BCUT2D eigenvalue weighted by Gasteiger charge is 2.21. The number of esters is 1. The van der Waals surface area contributed by atoms with Crippen LogP contribution in [0.2, 0.25) is 0 Å². The highest BCUT2D eigenvalue weighted by atomic mass is 16.5. The van der Waals surface area contributed by atoms with E-state index >= 15 is 0 Å². The fraction of sp³-hybridized carbons (Fsp3) is 0.391. The van der Waals surface area contributed by atoms with E-state index in [1.54, 1.807) is 19.2 Å². The first-order valence-corrected chi connectivity index (χ1v) is 9.48. The summed E-state index contributed by atoms with van der Waals surface area (Å²) < 4.78 is 10.2. The molecule has 0 radical (unpaired) electrons. The molecule has 0 aliphatic rings. The second-order valence-corrected chi connectivity index (χ2v) is 8.05. The number of carbonyl (C=O) groups is 2. The number of anilines is 2. The van der Waals surface area contributed by atoms with E-state index in [-0.39, 0.29) is 17.9 Å². The molecule has 0 unspecified atom stereocenters. The first-order chi connectivity index (χ1) is 13.6. The molecule has 0 heterocycles. The van der Waals surface area contributed by atoms with Gasteiger partial charge >= 0.3 is 5.97 Å². The summed E-state index contributed by atoms with van der Waals surface area (Å²) in [7, 11) is 2.98. The van der Waals surface area contributed by atoms with E-state index in [0.717, 1.165) is 28.1 Å². The van der Waals surface area contributed by atoms with Gasteiger partial charge in [0.2, 0.25) is 5.91 Å². The number of benzene rings is 2. The summed E-state index contributed by atoms with van der Waals surface area (Å²) in [5, 5.41) is 6.07. The minimum absolute atomic E-state index is 0.0945. The van der Waals surface area contributed by atoms with Crippen molar-refractivity contribution in [1.82, 2.24) is 0 Å². The highest BCUT2D eigenvalue weighted by molar-refractivity contribution is 5.97. The molecular formula is C23H30N2O4. The van der Waals surface area contributed by atoms with Gasteiger partial charge in [0.1, 0.15) is 5.75 Å². The number of rotatable bonds is 6. The second-order valence-electron chi connectivity index (χ2n) is 8.05. The van der Waals surface area contributed by atoms with Crippen molar-refractivity contribution in [2.45, 2.75) is 40.0 Å². The van der Waals surface area contributed by atoms with Crippen molar-refractivity contribution in [2.75, 3.05) is 31.4 Å². The predicted octanol–water partition coefficient (Wildman–Crippen LogP) is 4.45. The van der Waals surface area contributed by atoms with E-state index in [1.807, 2.05) is 32.0 Å². The zero-order valence-corrected chi connectivity index (χ0v) is 18.2. The normalized spacial score (nSPS) is 11.0. The van der Waals surface area contributed by atoms with Crippen molar-refractivity contribution >= 4 is 23.3 Å².